The van der Waals surface area contributed by atoms with Crippen LogP contribution in [-0.4, -0.2) is 41.6 Å². The van der Waals surface area contributed by atoms with Crippen molar-refractivity contribution < 1.29 is 40.7 Å². The van der Waals surface area contributed by atoms with E-state index < -0.39 is 58.6 Å². The standard InChI is InChI=1S/C26H28F6N2O3/c1-15-5-7-16(8-6-15)20-14-34(23(36)37-24(2,3)4)10-9-21(20)33-22(35)17-11-18(25(27,28)29)13-19(12-17)26(30,31)32/h5-8,11-13,20-21H,9-10,14H2,1-4H3,(H,33,35)/t20-,21+/m0/s1. The van der Waals surface area contributed by atoms with Gasteiger partial charge in [0.15, 0.2) is 0 Å². The maximum Gasteiger partial charge on any atom is 0.416 e. The predicted octanol–water partition coefficient (Wildman–Crippen LogP) is 6.56. The molecule has 2 aromatic carbocycles. The Bertz CT molecular complexity index is 1100. The van der Waals surface area contributed by atoms with Crippen LogP contribution in [0.15, 0.2) is 42.5 Å². The van der Waals surface area contributed by atoms with E-state index in [9.17, 15) is 35.9 Å². The summed E-state index contributed by atoms with van der Waals surface area (Å²) in [4.78, 5) is 27.1. The molecule has 2 aromatic rings. The molecule has 0 radical (unpaired) electrons. The average molecular weight is 531 g/mol. The maximum absolute atomic E-state index is 13.3. The molecular weight excluding hydrogens is 502 g/mol. The van der Waals surface area contributed by atoms with Gasteiger partial charge in [-0.15, -0.1) is 0 Å². The molecule has 0 spiro atoms. The number of carbonyl (C=O) groups excluding carboxylic acids is 2. The average Bonchev–Trinajstić information content (AvgIpc) is 2.77. The van der Waals surface area contributed by atoms with Crippen LogP contribution in [0.5, 0.6) is 0 Å². The van der Waals surface area contributed by atoms with Crippen molar-refractivity contribution in [2.75, 3.05) is 13.1 Å². The van der Waals surface area contributed by atoms with Crippen molar-refractivity contribution in [3.63, 3.8) is 0 Å². The smallest absolute Gasteiger partial charge is 0.416 e. The highest BCUT2D eigenvalue weighted by atomic mass is 19.4. The first-order chi connectivity index (χ1) is 16.9. The van der Waals surface area contributed by atoms with Crippen molar-refractivity contribution in [3.05, 3.63) is 70.3 Å². The number of hydrogen-bond donors (Lipinski definition) is 1. The van der Waals surface area contributed by atoms with Crippen molar-refractivity contribution in [1.29, 1.82) is 0 Å². The molecule has 1 aliphatic heterocycles. The number of amides is 2. The topological polar surface area (TPSA) is 58.6 Å². The second-order valence-electron chi connectivity index (χ2n) is 10.1. The molecule has 2 amide bonds. The zero-order chi connectivity index (χ0) is 27.8. The lowest BCUT2D eigenvalue weighted by molar-refractivity contribution is -0.143. The van der Waals surface area contributed by atoms with E-state index in [0.29, 0.717) is 12.1 Å². The third-order valence-electron chi connectivity index (χ3n) is 5.94. The van der Waals surface area contributed by atoms with Gasteiger partial charge in [-0.1, -0.05) is 29.8 Å². The SMILES string of the molecule is Cc1ccc([C@@H]2CN(C(=O)OC(C)(C)C)CC[C@H]2NC(=O)c2cc(C(F)(F)F)cc(C(F)(F)F)c2)cc1. The summed E-state index contributed by atoms with van der Waals surface area (Å²) in [6, 6.07) is 7.42. The normalized spacial score (nSPS) is 18.9. The van der Waals surface area contributed by atoms with Gasteiger partial charge in [0.1, 0.15) is 5.60 Å². The van der Waals surface area contributed by atoms with Gasteiger partial charge in [-0.3, -0.25) is 4.79 Å². The fourth-order valence-electron chi connectivity index (χ4n) is 4.11. The van der Waals surface area contributed by atoms with E-state index in [4.69, 9.17) is 4.74 Å². The Balaban J connectivity index is 1.91. The van der Waals surface area contributed by atoms with Crippen molar-refractivity contribution in [1.82, 2.24) is 10.2 Å². The van der Waals surface area contributed by atoms with Crippen molar-refractivity contribution in [2.45, 2.75) is 64.0 Å². The summed E-state index contributed by atoms with van der Waals surface area (Å²) in [6.07, 6.45) is -10.5. The fraction of sp³-hybridized carbons (Fsp3) is 0.462. The number of alkyl halides is 6. The first kappa shape index (κ1) is 28.3. The predicted molar refractivity (Wildman–Crippen MR) is 124 cm³/mol. The highest BCUT2D eigenvalue weighted by molar-refractivity contribution is 5.95. The highest BCUT2D eigenvalue weighted by Gasteiger charge is 2.39. The van der Waals surface area contributed by atoms with Gasteiger partial charge in [-0.2, -0.15) is 26.3 Å². The molecular formula is C26H28F6N2O3. The minimum atomic E-state index is -5.07. The number of rotatable bonds is 3. The number of nitrogens with one attached hydrogen (secondary N) is 1. The molecule has 0 saturated carbocycles. The molecule has 5 nitrogen and oxygen atoms in total. The minimum Gasteiger partial charge on any atom is -0.444 e. The second-order valence-corrected chi connectivity index (χ2v) is 10.1. The van der Waals surface area contributed by atoms with Crippen LogP contribution in [0.4, 0.5) is 31.1 Å². The number of aryl methyl sites for hydroxylation is 1. The number of carbonyl (C=O) groups is 2. The molecule has 1 N–H and O–H groups in total. The molecule has 3 rings (SSSR count). The fourth-order valence-corrected chi connectivity index (χ4v) is 4.11. The largest absolute Gasteiger partial charge is 0.444 e. The van der Waals surface area contributed by atoms with Gasteiger partial charge >= 0.3 is 18.4 Å². The number of ether oxygens (including phenoxy) is 1. The van der Waals surface area contributed by atoms with Crippen LogP contribution in [-0.2, 0) is 17.1 Å². The first-order valence-electron chi connectivity index (χ1n) is 11.6. The lowest BCUT2D eigenvalue weighted by Gasteiger charge is -2.39. The molecule has 0 bridgehead atoms. The van der Waals surface area contributed by atoms with E-state index in [-0.39, 0.29) is 25.6 Å². The Kier molecular flexibility index (Phi) is 7.85. The van der Waals surface area contributed by atoms with Crippen LogP contribution >= 0.6 is 0 Å². The first-order valence-corrected chi connectivity index (χ1v) is 11.6. The summed E-state index contributed by atoms with van der Waals surface area (Å²) in [5, 5.41) is 2.61. The lowest BCUT2D eigenvalue weighted by atomic mass is 9.85. The molecule has 0 aliphatic carbocycles. The van der Waals surface area contributed by atoms with Gasteiger partial charge in [0.25, 0.3) is 5.91 Å². The van der Waals surface area contributed by atoms with Gasteiger partial charge < -0.3 is 15.0 Å². The van der Waals surface area contributed by atoms with Crippen molar-refractivity contribution >= 4 is 12.0 Å². The van der Waals surface area contributed by atoms with E-state index in [0.717, 1.165) is 11.1 Å². The summed E-state index contributed by atoms with van der Waals surface area (Å²) >= 11 is 0. The molecule has 2 atom stereocenters. The van der Waals surface area contributed by atoms with E-state index in [2.05, 4.69) is 5.32 Å². The summed E-state index contributed by atoms with van der Waals surface area (Å²) in [5.74, 6) is -1.54. The number of hydrogen-bond acceptors (Lipinski definition) is 3. The van der Waals surface area contributed by atoms with Crippen LogP contribution < -0.4 is 5.32 Å². The monoisotopic (exact) mass is 530 g/mol. The Labute approximate surface area is 210 Å². The summed E-state index contributed by atoms with van der Waals surface area (Å²) in [5.41, 5.74) is -2.90. The van der Waals surface area contributed by atoms with Gasteiger partial charge in [-0.25, -0.2) is 4.79 Å². The number of likely N-dealkylation sites (tertiary alicyclic amines) is 1. The Morgan fingerprint density at radius 3 is 1.95 bits per heavy atom. The molecule has 11 heteroatoms. The molecule has 0 aromatic heterocycles. The number of halogens is 6. The van der Waals surface area contributed by atoms with Gasteiger partial charge in [0.05, 0.1) is 11.1 Å². The summed E-state index contributed by atoms with van der Waals surface area (Å²) in [7, 11) is 0. The summed E-state index contributed by atoms with van der Waals surface area (Å²) < 4.78 is 85.0. The highest BCUT2D eigenvalue weighted by Crippen LogP contribution is 2.37. The van der Waals surface area contributed by atoms with Crippen LogP contribution in [0.25, 0.3) is 0 Å². The minimum absolute atomic E-state index is 0.0226. The molecule has 0 unspecified atom stereocenters. The van der Waals surface area contributed by atoms with E-state index in [1.54, 1.807) is 20.8 Å². The molecule has 1 heterocycles. The van der Waals surface area contributed by atoms with Crippen LogP contribution in [0.1, 0.15) is 65.7 Å². The Morgan fingerprint density at radius 1 is 0.919 bits per heavy atom. The van der Waals surface area contributed by atoms with E-state index in [1.807, 2.05) is 31.2 Å². The maximum atomic E-state index is 13.3. The van der Waals surface area contributed by atoms with Crippen molar-refractivity contribution in [3.8, 4) is 0 Å². The van der Waals surface area contributed by atoms with Gasteiger partial charge in [0, 0.05) is 30.6 Å². The van der Waals surface area contributed by atoms with Crippen LogP contribution in [0.2, 0.25) is 0 Å². The second kappa shape index (κ2) is 10.3. The zero-order valence-corrected chi connectivity index (χ0v) is 20.8. The van der Waals surface area contributed by atoms with E-state index >= 15 is 0 Å². The van der Waals surface area contributed by atoms with Crippen LogP contribution in [0, 0.1) is 6.92 Å². The molecule has 202 valence electrons. The molecule has 1 saturated heterocycles. The summed E-state index contributed by atoms with van der Waals surface area (Å²) in [6.45, 7) is 7.36. The number of benzene rings is 2. The molecule has 37 heavy (non-hydrogen) atoms. The van der Waals surface area contributed by atoms with Gasteiger partial charge in [-0.05, 0) is 57.9 Å². The Morgan fingerprint density at radius 2 is 1.46 bits per heavy atom. The molecule has 1 fully saturated rings. The van der Waals surface area contributed by atoms with Crippen molar-refractivity contribution in [2.24, 2.45) is 0 Å². The lowest BCUT2D eigenvalue weighted by Crippen LogP contribution is -2.52. The van der Waals surface area contributed by atoms with Crippen LogP contribution in [0.3, 0.4) is 0 Å². The zero-order valence-electron chi connectivity index (χ0n) is 20.8. The van der Waals surface area contributed by atoms with Gasteiger partial charge in [0.2, 0.25) is 0 Å². The third kappa shape index (κ3) is 7.39. The molecule has 1 aliphatic rings. The number of piperidine rings is 1. The van der Waals surface area contributed by atoms with E-state index in [1.165, 1.54) is 4.90 Å². The number of nitrogens with zero attached hydrogens (tertiary/aromatic N) is 1. The Hall–Kier alpha value is -3.24. The third-order valence-corrected chi connectivity index (χ3v) is 5.94. The quantitative estimate of drug-likeness (QED) is 0.458.